The zero-order valence-corrected chi connectivity index (χ0v) is 25.4. The molecule has 5 heterocycles. The number of aromatic nitrogens is 11. The monoisotopic (exact) mass is 639 g/mol. The Labute approximate surface area is 264 Å². The fraction of sp³-hybridized carbons (Fsp3) is 0.188. The molecule has 0 amide bonds. The van der Waals surface area contributed by atoms with Crippen LogP contribution in [0.3, 0.4) is 0 Å². The largest absolute Gasteiger partial charge is 0.207 e. The van der Waals surface area contributed by atoms with Crippen LogP contribution in [0, 0.1) is 35.1 Å². The Morgan fingerprint density at radius 2 is 1.21 bits per heavy atom. The maximum absolute atomic E-state index is 14.1. The minimum Gasteiger partial charge on any atom is -0.207 e. The van der Waals surface area contributed by atoms with E-state index in [9.17, 15) is 17.6 Å². The molecule has 0 spiro atoms. The van der Waals surface area contributed by atoms with Gasteiger partial charge in [-0.15, -0.1) is 20.4 Å². The van der Waals surface area contributed by atoms with Gasteiger partial charge in [0, 0.05) is 29.5 Å². The number of nitrogens with zero attached hydrogens (tertiary/aromatic N) is 10. The first-order valence-corrected chi connectivity index (χ1v) is 14.4. The average molecular weight is 640 g/mol. The summed E-state index contributed by atoms with van der Waals surface area (Å²) in [5.74, 6) is 4.45. The summed E-state index contributed by atoms with van der Waals surface area (Å²) < 4.78 is 56.9. The number of fused-ring (bicyclic) bond motifs is 2. The molecule has 236 valence electrons. The SMILES string of the molecule is CC(C)c1nnc2ccc(-c3n[nH]nc3-c3ccc(F)cc3F)nn12.CC(C)c1nnc2ccc(C#Cc3ccc(F)cc3F)nn12. The zero-order chi connectivity index (χ0) is 33.2. The predicted octanol–water partition coefficient (Wildman–Crippen LogP) is 5.90. The smallest absolute Gasteiger partial charge is 0.177 e. The molecule has 0 aliphatic heterocycles. The van der Waals surface area contributed by atoms with Crippen LogP contribution in [0.25, 0.3) is 33.9 Å². The van der Waals surface area contributed by atoms with Crippen molar-refractivity contribution >= 4 is 11.3 Å². The van der Waals surface area contributed by atoms with Gasteiger partial charge in [0.15, 0.2) is 22.9 Å². The number of benzene rings is 2. The Kier molecular flexibility index (Phi) is 8.40. The molecule has 0 radical (unpaired) electrons. The van der Waals surface area contributed by atoms with Crippen LogP contribution in [0.2, 0.25) is 0 Å². The van der Waals surface area contributed by atoms with E-state index in [1.54, 1.807) is 33.3 Å². The Morgan fingerprint density at radius 1 is 0.617 bits per heavy atom. The molecule has 5 aromatic heterocycles. The average Bonchev–Trinajstić information content (AvgIpc) is 3.79. The lowest BCUT2D eigenvalue weighted by molar-refractivity contribution is 0.581. The maximum Gasteiger partial charge on any atom is 0.177 e. The number of H-pyrrole nitrogens is 1. The van der Waals surface area contributed by atoms with Gasteiger partial charge in [-0.25, -0.2) is 17.6 Å². The maximum atomic E-state index is 14.1. The van der Waals surface area contributed by atoms with Gasteiger partial charge in [0.25, 0.3) is 0 Å². The van der Waals surface area contributed by atoms with Crippen LogP contribution in [0.15, 0.2) is 60.7 Å². The molecule has 11 nitrogen and oxygen atoms in total. The molecule has 0 aliphatic carbocycles. The number of aromatic amines is 1. The molecule has 0 saturated heterocycles. The van der Waals surface area contributed by atoms with Crippen LogP contribution in [0.1, 0.15) is 62.4 Å². The molecule has 0 aliphatic rings. The van der Waals surface area contributed by atoms with Crippen molar-refractivity contribution in [1.29, 1.82) is 0 Å². The molecule has 15 heteroatoms. The summed E-state index contributed by atoms with van der Waals surface area (Å²) in [4.78, 5) is 0. The first-order valence-electron chi connectivity index (χ1n) is 14.4. The Morgan fingerprint density at radius 3 is 1.85 bits per heavy atom. The molecular formula is C32H25F4N11. The summed E-state index contributed by atoms with van der Waals surface area (Å²) in [6.07, 6.45) is 0. The van der Waals surface area contributed by atoms with Crippen LogP contribution in [-0.4, -0.2) is 55.0 Å². The quantitative estimate of drug-likeness (QED) is 0.186. The second-order valence-electron chi connectivity index (χ2n) is 10.9. The van der Waals surface area contributed by atoms with Crippen LogP contribution in [0.4, 0.5) is 17.6 Å². The fourth-order valence-electron chi connectivity index (χ4n) is 4.52. The van der Waals surface area contributed by atoms with Gasteiger partial charge in [-0.2, -0.15) is 34.6 Å². The van der Waals surface area contributed by atoms with E-state index in [-0.39, 0.29) is 28.7 Å². The second kappa shape index (κ2) is 12.8. The summed E-state index contributed by atoms with van der Waals surface area (Å²) in [5, 5.41) is 35.7. The second-order valence-corrected chi connectivity index (χ2v) is 10.9. The van der Waals surface area contributed by atoms with Crippen LogP contribution < -0.4 is 0 Å². The highest BCUT2D eigenvalue weighted by molar-refractivity contribution is 5.76. The lowest BCUT2D eigenvalue weighted by Crippen LogP contribution is -2.02. The van der Waals surface area contributed by atoms with Gasteiger partial charge in [-0.05, 0) is 54.5 Å². The highest BCUT2D eigenvalue weighted by atomic mass is 19.1. The van der Waals surface area contributed by atoms with Crippen LogP contribution >= 0.6 is 0 Å². The van der Waals surface area contributed by atoms with E-state index in [4.69, 9.17) is 0 Å². The lowest BCUT2D eigenvalue weighted by Gasteiger charge is -2.05. The van der Waals surface area contributed by atoms with Gasteiger partial charge in [-0.1, -0.05) is 33.6 Å². The molecule has 0 atom stereocenters. The molecule has 2 aromatic carbocycles. The first kappa shape index (κ1) is 31.0. The molecule has 0 bridgehead atoms. The third-order valence-electron chi connectivity index (χ3n) is 6.84. The first-order chi connectivity index (χ1) is 22.6. The van der Waals surface area contributed by atoms with E-state index < -0.39 is 23.3 Å². The van der Waals surface area contributed by atoms with E-state index >= 15 is 0 Å². The van der Waals surface area contributed by atoms with E-state index in [2.05, 4.69) is 57.8 Å². The molecule has 7 rings (SSSR count). The molecule has 0 saturated carbocycles. The number of hydrogen-bond acceptors (Lipinski definition) is 8. The summed E-state index contributed by atoms with van der Waals surface area (Å²) in [6.45, 7) is 7.95. The third kappa shape index (κ3) is 6.39. The molecule has 0 unspecified atom stereocenters. The van der Waals surface area contributed by atoms with E-state index in [1.807, 2.05) is 27.7 Å². The van der Waals surface area contributed by atoms with E-state index in [1.165, 1.54) is 24.3 Å². The summed E-state index contributed by atoms with van der Waals surface area (Å²) in [6, 6.07) is 13.5. The Hall–Kier alpha value is -6.04. The standard InChI is InChI=1S/C16H13F2N7.C16H12F2N4/c1-8(2)16-22-19-13-6-5-12(23-25(13)16)15-14(20-24-21-15)10-4-3-9(17)7-11(10)18;1-10(2)16-20-19-15-8-7-13(21-22(15)16)6-4-11-3-5-12(17)9-14(11)18/h3-8H,1-2H3,(H,20,21,24);3,5,7-10H,1-2H3. The van der Waals surface area contributed by atoms with Crippen molar-refractivity contribution in [1.82, 2.24) is 55.0 Å². The van der Waals surface area contributed by atoms with Gasteiger partial charge >= 0.3 is 0 Å². The van der Waals surface area contributed by atoms with Gasteiger partial charge in [0.2, 0.25) is 0 Å². The normalized spacial score (nSPS) is 11.2. The van der Waals surface area contributed by atoms with Gasteiger partial charge in [0.1, 0.15) is 46.0 Å². The van der Waals surface area contributed by atoms with Crippen molar-refractivity contribution in [3.05, 3.63) is 107 Å². The predicted molar refractivity (Wildman–Crippen MR) is 163 cm³/mol. The highest BCUT2D eigenvalue weighted by Gasteiger charge is 2.19. The van der Waals surface area contributed by atoms with Gasteiger partial charge < -0.3 is 0 Å². The molecule has 7 aromatic rings. The summed E-state index contributed by atoms with van der Waals surface area (Å²) >= 11 is 0. The number of nitrogens with one attached hydrogen (secondary N) is 1. The van der Waals surface area contributed by atoms with Gasteiger partial charge in [0.05, 0.1) is 5.56 Å². The summed E-state index contributed by atoms with van der Waals surface area (Å²) in [7, 11) is 0. The van der Waals surface area contributed by atoms with Crippen molar-refractivity contribution in [3.8, 4) is 34.5 Å². The molecule has 0 fully saturated rings. The van der Waals surface area contributed by atoms with E-state index in [0.29, 0.717) is 34.2 Å². The minimum atomic E-state index is -0.719. The number of rotatable bonds is 4. The topological polar surface area (TPSA) is 128 Å². The highest BCUT2D eigenvalue weighted by Crippen LogP contribution is 2.29. The molecular weight excluding hydrogens is 614 g/mol. The Bertz CT molecular complexity index is 2290. The molecule has 47 heavy (non-hydrogen) atoms. The third-order valence-corrected chi connectivity index (χ3v) is 6.84. The Balaban J connectivity index is 0.000000166. The lowest BCUT2D eigenvalue weighted by atomic mass is 10.1. The van der Waals surface area contributed by atoms with E-state index in [0.717, 1.165) is 18.0 Å². The van der Waals surface area contributed by atoms with Gasteiger partial charge in [-0.3, -0.25) is 0 Å². The van der Waals surface area contributed by atoms with Crippen LogP contribution in [0.5, 0.6) is 0 Å². The number of hydrogen-bond donors (Lipinski definition) is 1. The van der Waals surface area contributed by atoms with Crippen molar-refractivity contribution in [2.75, 3.05) is 0 Å². The van der Waals surface area contributed by atoms with Crippen molar-refractivity contribution < 1.29 is 17.6 Å². The summed E-state index contributed by atoms with van der Waals surface area (Å²) in [5.41, 5.74) is 3.03. The zero-order valence-electron chi connectivity index (χ0n) is 25.4. The van der Waals surface area contributed by atoms with Crippen molar-refractivity contribution in [2.45, 2.75) is 39.5 Å². The fourth-order valence-corrected chi connectivity index (χ4v) is 4.52. The van der Waals surface area contributed by atoms with Crippen molar-refractivity contribution in [2.24, 2.45) is 0 Å². The number of halogens is 4. The molecule has 1 N–H and O–H groups in total. The van der Waals surface area contributed by atoms with Crippen LogP contribution in [-0.2, 0) is 0 Å². The minimum absolute atomic E-state index is 0.121. The van der Waals surface area contributed by atoms with Crippen molar-refractivity contribution in [3.63, 3.8) is 0 Å².